The molecule has 0 spiro atoms. The number of hydrogen-bond acceptors (Lipinski definition) is 7. The highest BCUT2D eigenvalue weighted by Gasteiger charge is 2.40. The molecule has 1 fully saturated rings. The van der Waals surface area contributed by atoms with Crippen molar-refractivity contribution in [1.82, 2.24) is 4.90 Å². The van der Waals surface area contributed by atoms with Crippen LogP contribution in [0.2, 0.25) is 0 Å². The number of unbranched alkanes of at least 4 members (excludes halogenated alkanes) is 2. The molecule has 10 nitrogen and oxygen atoms in total. The van der Waals surface area contributed by atoms with Crippen molar-refractivity contribution < 1.29 is 43.6 Å². The van der Waals surface area contributed by atoms with Crippen LogP contribution in [-0.2, 0) is 43.2 Å². The Hall–Kier alpha value is -3.30. The molecular formula is C37H55NO9. The molecule has 2 N–H and O–H groups in total. The van der Waals surface area contributed by atoms with E-state index < -0.39 is 18.0 Å². The number of amides is 1. The second-order valence-corrected chi connectivity index (χ2v) is 15.0. The number of benzene rings is 1. The first kappa shape index (κ1) is 36.5. The average Bonchev–Trinajstić information content (AvgIpc) is 3.69. The highest BCUT2D eigenvalue weighted by molar-refractivity contribution is 5.86. The van der Waals surface area contributed by atoms with Crippen molar-refractivity contribution in [3.05, 3.63) is 22.8 Å². The Morgan fingerprint density at radius 3 is 2.51 bits per heavy atom. The quantitative estimate of drug-likeness (QED) is 0.141. The predicted molar refractivity (Wildman–Crippen MR) is 176 cm³/mol. The lowest BCUT2D eigenvalue weighted by atomic mass is 9.76. The van der Waals surface area contributed by atoms with Crippen LogP contribution in [0.5, 0.6) is 11.5 Å². The summed E-state index contributed by atoms with van der Waals surface area (Å²) in [6.45, 7) is 9.40. The van der Waals surface area contributed by atoms with Crippen LogP contribution in [0.3, 0.4) is 0 Å². The van der Waals surface area contributed by atoms with E-state index in [1.165, 1.54) is 21.6 Å². The first-order valence-corrected chi connectivity index (χ1v) is 17.7. The summed E-state index contributed by atoms with van der Waals surface area (Å²) < 4.78 is 17.2. The molecule has 0 saturated carbocycles. The lowest BCUT2D eigenvalue weighted by Gasteiger charge is -2.34. The van der Waals surface area contributed by atoms with Gasteiger partial charge >= 0.3 is 17.9 Å². The van der Waals surface area contributed by atoms with Gasteiger partial charge in [-0.15, -0.1) is 0 Å². The van der Waals surface area contributed by atoms with Gasteiger partial charge in [-0.25, -0.2) is 4.79 Å². The maximum atomic E-state index is 13.3. The second-order valence-electron chi connectivity index (χ2n) is 15.0. The summed E-state index contributed by atoms with van der Waals surface area (Å²) >= 11 is 0. The van der Waals surface area contributed by atoms with Gasteiger partial charge in [-0.3, -0.25) is 14.4 Å². The normalized spacial score (nSPS) is 20.0. The van der Waals surface area contributed by atoms with Crippen molar-refractivity contribution in [3.8, 4) is 11.5 Å². The molecule has 4 unspecified atom stereocenters. The number of carbonyl (C=O) groups excluding carboxylic acids is 2. The van der Waals surface area contributed by atoms with E-state index in [2.05, 4.69) is 13.0 Å². The largest absolute Gasteiger partial charge is 0.481 e. The third-order valence-corrected chi connectivity index (χ3v) is 10.2. The van der Waals surface area contributed by atoms with Crippen molar-refractivity contribution in [1.29, 1.82) is 0 Å². The second kappa shape index (κ2) is 16.7. The highest BCUT2D eigenvalue weighted by Crippen LogP contribution is 2.44. The van der Waals surface area contributed by atoms with Gasteiger partial charge in [0.15, 0.2) is 11.5 Å². The molecule has 1 aromatic rings. The Balaban J connectivity index is 1.15. The van der Waals surface area contributed by atoms with Crippen molar-refractivity contribution >= 4 is 23.8 Å². The van der Waals surface area contributed by atoms with E-state index in [1.807, 2.05) is 20.8 Å². The molecular weight excluding hydrogens is 602 g/mol. The minimum atomic E-state index is -0.936. The smallest absolute Gasteiger partial charge is 0.326 e. The number of ether oxygens (including phenoxy) is 3. The fourth-order valence-electron chi connectivity index (χ4n) is 7.59. The number of nitrogens with zero attached hydrogens (tertiary/aromatic N) is 1. The summed E-state index contributed by atoms with van der Waals surface area (Å²) in [5.41, 5.74) is 3.56. The molecule has 1 saturated heterocycles. The minimum Gasteiger partial charge on any atom is -0.481 e. The lowest BCUT2D eigenvalue weighted by Crippen LogP contribution is -2.46. The number of esters is 1. The Morgan fingerprint density at radius 2 is 1.79 bits per heavy atom. The third-order valence-electron chi connectivity index (χ3n) is 10.2. The van der Waals surface area contributed by atoms with Gasteiger partial charge in [0, 0.05) is 30.9 Å². The zero-order chi connectivity index (χ0) is 34.1. The van der Waals surface area contributed by atoms with Gasteiger partial charge in [0.05, 0.1) is 6.61 Å². The van der Waals surface area contributed by atoms with Gasteiger partial charge in [0.1, 0.15) is 6.04 Å². The van der Waals surface area contributed by atoms with Crippen molar-refractivity contribution in [2.45, 2.75) is 130 Å². The molecule has 47 heavy (non-hydrogen) atoms. The van der Waals surface area contributed by atoms with Crippen molar-refractivity contribution in [3.63, 3.8) is 0 Å². The van der Waals surface area contributed by atoms with Gasteiger partial charge in [-0.05, 0) is 105 Å². The van der Waals surface area contributed by atoms with E-state index in [0.717, 1.165) is 56.4 Å². The number of aliphatic carboxylic acids is 2. The zero-order valence-corrected chi connectivity index (χ0v) is 28.8. The van der Waals surface area contributed by atoms with Gasteiger partial charge in [-0.1, -0.05) is 40.5 Å². The van der Waals surface area contributed by atoms with Crippen LogP contribution < -0.4 is 9.47 Å². The minimum absolute atomic E-state index is 0.0850. The Bertz CT molecular complexity index is 1270. The molecule has 1 amide bonds. The molecule has 0 bridgehead atoms. The molecule has 262 valence electrons. The first-order chi connectivity index (χ1) is 22.3. The van der Waals surface area contributed by atoms with Crippen LogP contribution in [0.4, 0.5) is 0 Å². The SMILES string of the molecule is CC(CCCCOC(=O)CCCCC(C(=O)N1CCCC1C(=O)O)C(C)(C)C)Cc1c2c(cc3c1OCO3)CC(CCC(=O)O)CC2. The van der Waals surface area contributed by atoms with E-state index in [1.54, 1.807) is 0 Å². The topological polar surface area (TPSA) is 140 Å². The van der Waals surface area contributed by atoms with E-state index in [9.17, 15) is 24.3 Å². The third kappa shape index (κ3) is 10.1. The monoisotopic (exact) mass is 657 g/mol. The summed E-state index contributed by atoms with van der Waals surface area (Å²) in [4.78, 5) is 49.9. The molecule has 2 heterocycles. The summed E-state index contributed by atoms with van der Waals surface area (Å²) in [7, 11) is 0. The zero-order valence-electron chi connectivity index (χ0n) is 28.8. The van der Waals surface area contributed by atoms with Gasteiger partial charge in [-0.2, -0.15) is 0 Å². The number of carboxylic acid groups (broad SMARTS) is 2. The maximum Gasteiger partial charge on any atom is 0.326 e. The number of fused-ring (bicyclic) bond motifs is 2. The van der Waals surface area contributed by atoms with Gasteiger partial charge in [0.2, 0.25) is 12.7 Å². The first-order valence-electron chi connectivity index (χ1n) is 17.7. The molecule has 10 heteroatoms. The van der Waals surface area contributed by atoms with E-state index in [-0.39, 0.29) is 36.4 Å². The van der Waals surface area contributed by atoms with E-state index in [4.69, 9.17) is 19.3 Å². The van der Waals surface area contributed by atoms with Crippen LogP contribution in [0.1, 0.15) is 121 Å². The molecule has 2 aliphatic heterocycles. The van der Waals surface area contributed by atoms with Gasteiger partial charge < -0.3 is 29.3 Å². The summed E-state index contributed by atoms with van der Waals surface area (Å²) in [5.74, 6) is 0.201. The average molecular weight is 658 g/mol. The molecule has 0 aromatic heterocycles. The number of carboxylic acids is 2. The van der Waals surface area contributed by atoms with Crippen molar-refractivity contribution in [2.24, 2.45) is 23.2 Å². The molecule has 0 radical (unpaired) electrons. The van der Waals surface area contributed by atoms with Crippen LogP contribution >= 0.6 is 0 Å². The number of carbonyl (C=O) groups is 4. The fraction of sp³-hybridized carbons (Fsp3) is 0.730. The number of rotatable bonds is 17. The van der Waals surface area contributed by atoms with E-state index >= 15 is 0 Å². The number of likely N-dealkylation sites (tertiary alicyclic amines) is 1. The summed E-state index contributed by atoms with van der Waals surface area (Å²) in [6, 6.07) is 1.37. The predicted octanol–water partition coefficient (Wildman–Crippen LogP) is 6.58. The highest BCUT2D eigenvalue weighted by atomic mass is 16.7. The molecule has 1 aliphatic carbocycles. The van der Waals surface area contributed by atoms with Crippen LogP contribution in [0, 0.1) is 23.2 Å². The molecule has 3 aliphatic rings. The van der Waals surface area contributed by atoms with Crippen LogP contribution in [0.15, 0.2) is 6.07 Å². The van der Waals surface area contributed by atoms with Crippen LogP contribution in [0.25, 0.3) is 0 Å². The Labute approximate surface area is 279 Å². The summed E-state index contributed by atoms with van der Waals surface area (Å²) in [5, 5.41) is 18.6. The summed E-state index contributed by atoms with van der Waals surface area (Å²) in [6.07, 6.45) is 10.8. The van der Waals surface area contributed by atoms with Crippen molar-refractivity contribution in [2.75, 3.05) is 19.9 Å². The number of hydrogen-bond donors (Lipinski definition) is 2. The Morgan fingerprint density at radius 1 is 1.02 bits per heavy atom. The molecule has 4 atom stereocenters. The molecule has 4 rings (SSSR count). The standard InChI is InChI=1S/C37H55NO9/c1-24(20-28-27-16-14-25(15-17-32(39)40)21-26(27)22-31-34(28)47-23-46-31)10-7-8-19-45-33(41)13-6-5-11-29(37(2,3)4)35(42)38-18-9-12-30(38)36(43)44/h22,24-25,29-30H,5-21,23H2,1-4H3,(H,39,40)(H,43,44). The van der Waals surface area contributed by atoms with Crippen LogP contribution in [-0.4, -0.2) is 64.9 Å². The van der Waals surface area contributed by atoms with E-state index in [0.29, 0.717) is 69.9 Å². The maximum absolute atomic E-state index is 13.3. The molecule has 1 aromatic carbocycles. The lowest BCUT2D eigenvalue weighted by molar-refractivity contribution is -0.151. The fourth-order valence-corrected chi connectivity index (χ4v) is 7.59. The Kier molecular flexibility index (Phi) is 13.0. The van der Waals surface area contributed by atoms with Gasteiger partial charge in [0.25, 0.3) is 0 Å².